The van der Waals surface area contributed by atoms with Crippen LogP contribution >= 0.6 is 11.3 Å². The number of likely N-dealkylation sites (N-methyl/N-ethyl adjacent to an activating group) is 3. The second-order valence-corrected chi connectivity index (χ2v) is 48.7. The van der Waals surface area contributed by atoms with Gasteiger partial charge < -0.3 is 77.2 Å². The van der Waals surface area contributed by atoms with Crippen molar-refractivity contribution in [1.29, 1.82) is 0 Å². The highest BCUT2D eigenvalue weighted by Gasteiger charge is 2.86. The van der Waals surface area contributed by atoms with Crippen LogP contribution in [0.25, 0.3) is 10.1 Å². The van der Waals surface area contributed by atoms with Gasteiger partial charge in [0.1, 0.15) is 64.1 Å². The molecule has 17 fully saturated rings. The third-order valence-electron chi connectivity index (χ3n) is 43.2. The minimum absolute atomic E-state index is 0.0682. The number of fused-ring (bicyclic) bond motifs is 9. The monoisotopic (exact) mass is 1880 g/mol. The molecule has 138 heavy (non-hydrogen) atoms. The van der Waals surface area contributed by atoms with E-state index < -0.39 is 0 Å². The molecule has 726 valence electrons. The Bertz CT molecular complexity index is 6070. The molecule has 25 aliphatic rings. The zero-order valence-corrected chi connectivity index (χ0v) is 83.9. The molecule has 17 nitrogen and oxygen atoms in total. The van der Waals surface area contributed by atoms with Crippen molar-refractivity contribution in [3.8, 4) is 28.7 Å². The quantitative estimate of drug-likeness (QED) is 0.0663. The number of aromatic hydroxyl groups is 1. The van der Waals surface area contributed by atoms with Crippen molar-refractivity contribution in [3.63, 3.8) is 0 Å². The lowest BCUT2D eigenvalue weighted by Gasteiger charge is -2.74. The minimum Gasteiger partial charge on any atom is -0.504 e. The summed E-state index contributed by atoms with van der Waals surface area (Å²) < 4.78 is 75.1. The molecule has 13 saturated carbocycles. The molecule has 8 spiro atoms. The van der Waals surface area contributed by atoms with Crippen LogP contribution in [0, 0.1) is 72.0 Å². The highest BCUT2D eigenvalue weighted by atomic mass is 32.1. The van der Waals surface area contributed by atoms with Gasteiger partial charge in [-0.3, -0.25) is 4.90 Å². The first kappa shape index (κ1) is 89.1. The number of aryl methyl sites for hydroxylation is 3. The third-order valence-corrected chi connectivity index (χ3v) is 44.3. The Kier molecular flexibility index (Phi) is 20.7. The van der Waals surface area contributed by atoms with Crippen molar-refractivity contribution in [3.05, 3.63) is 253 Å². The van der Waals surface area contributed by atoms with Crippen molar-refractivity contribution in [2.75, 3.05) is 109 Å². The normalized spacial score (nSPS) is 39.3. The standard InChI is InChI=1S/C32H40N2O2.C31H35NO3S.C29H35NO3.C28H33NO4/c1-21-8-11-24-16-26-30-12-13-32(35-2,25(17-30)19-33-18-22-6-4-3-5-7-22)29-31(30,27(24)28(21)36-29)14-15-34(26)20-23-9-10-23;1-19-8-9-21-15-25-29-10-11-31(33-3,28-30(29,12-13-32(25)2)26(21)27(19)35-28)22(16-29)17-34-18-23-14-20-6-4-5-7-24(20)36-23;1-19-9-10-21-15-23-27-11-12-29(31-3,22(16-27)18-32-17-20-7-5-4-6-8-20)26-28(27,13-14-30(23)2)24(21)25(19)33-26;1-29-13-12-27-23-19-8-9-21(30)24(23)33-25(27)28(31-2)11-10-26(27,22(29)14-19)15-20(28)17-32-16-18-6-4-3-5-7-18/h3-8,11,23,25-26,29,33H,9-10,12-20H2,1-2H3;4-9,14,22,25,28H,10-13,15-18H2,1-3H3;4-10,22-23,26H,11-18H2,1-3H3;3-9,20,22,25,30H,10-17H2,1-2H3/t25-,26+,29+,30+,31-,32?;22-,25+,28+,29+,30-,31?;22-,23+,26+,27+,28-,29?;20-,22+,25+,26+,27-,28?/m0000/s1. The van der Waals surface area contributed by atoms with Crippen molar-refractivity contribution < 1.29 is 57.2 Å². The molecule has 24 atom stereocenters. The highest BCUT2D eigenvalue weighted by Crippen LogP contribution is 2.82. The van der Waals surface area contributed by atoms with Crippen LogP contribution in [0.2, 0.25) is 0 Å². The molecule has 0 amide bonds. The van der Waals surface area contributed by atoms with Crippen molar-refractivity contribution in [2.45, 2.75) is 281 Å². The zero-order valence-electron chi connectivity index (χ0n) is 83.1. The number of hydrogen-bond donors (Lipinski definition) is 2. The van der Waals surface area contributed by atoms with Crippen LogP contribution in [0.5, 0.6) is 28.7 Å². The molecule has 18 heteroatoms. The smallest absolute Gasteiger partial charge is 0.165 e. The Morgan fingerprint density at radius 2 is 0.746 bits per heavy atom. The lowest BCUT2D eigenvalue weighted by molar-refractivity contribution is -0.282. The molecule has 8 aliphatic heterocycles. The van der Waals surface area contributed by atoms with Crippen LogP contribution in [0.4, 0.5) is 0 Å². The number of benzene rings is 8. The fourth-order valence-electron chi connectivity index (χ4n) is 37.5. The number of thiophene rings is 1. The Morgan fingerprint density at radius 3 is 1.17 bits per heavy atom. The number of hydrogen-bond acceptors (Lipinski definition) is 18. The van der Waals surface area contributed by atoms with E-state index in [1.165, 1.54) is 178 Å². The molecule has 17 aliphatic carbocycles. The van der Waals surface area contributed by atoms with E-state index in [-0.39, 0.29) is 96.4 Å². The molecule has 2 N–H and O–H groups in total. The van der Waals surface area contributed by atoms with Gasteiger partial charge in [0, 0.05) is 171 Å². The first-order chi connectivity index (χ1) is 67.2. The zero-order chi connectivity index (χ0) is 93.3. The topological polar surface area (TPSA) is 147 Å². The molecule has 4 saturated heterocycles. The number of piperidine rings is 4. The van der Waals surface area contributed by atoms with Crippen LogP contribution in [0.15, 0.2) is 170 Å². The summed E-state index contributed by atoms with van der Waals surface area (Å²) in [5.41, 5.74) is 19.7. The van der Waals surface area contributed by atoms with Gasteiger partial charge >= 0.3 is 0 Å². The Hall–Kier alpha value is -7.76. The number of phenolic OH excluding ortho intramolecular Hbond substituents is 1. The minimum atomic E-state index is -0.390. The summed E-state index contributed by atoms with van der Waals surface area (Å²) in [4.78, 5) is 12.2. The fourth-order valence-corrected chi connectivity index (χ4v) is 38.5. The number of nitrogens with one attached hydrogen (secondary N) is 1. The van der Waals surface area contributed by atoms with Crippen LogP contribution in [-0.2, 0) is 107 Å². The Balaban J connectivity index is 0.0000000929. The molecule has 34 rings (SSSR count). The molecule has 9 aromatic rings. The summed E-state index contributed by atoms with van der Waals surface area (Å²) in [5.74, 6) is 6.97. The van der Waals surface area contributed by atoms with Gasteiger partial charge in [0.15, 0.2) is 11.5 Å². The average molecular weight is 1880 g/mol. The summed E-state index contributed by atoms with van der Waals surface area (Å²) >= 11 is 1.85. The van der Waals surface area contributed by atoms with E-state index in [0.29, 0.717) is 73.8 Å². The van der Waals surface area contributed by atoms with Gasteiger partial charge in [0.2, 0.25) is 0 Å². The van der Waals surface area contributed by atoms with E-state index in [9.17, 15) is 5.11 Å². The Labute approximate surface area is 820 Å². The lowest BCUT2D eigenvalue weighted by Crippen LogP contribution is -2.81. The number of phenols is 1. The van der Waals surface area contributed by atoms with Crippen LogP contribution in [0.3, 0.4) is 0 Å². The van der Waals surface area contributed by atoms with E-state index in [2.05, 4.69) is 225 Å². The van der Waals surface area contributed by atoms with Gasteiger partial charge in [-0.15, -0.1) is 11.3 Å². The fraction of sp³-hybridized carbons (Fsp3) is 0.583. The van der Waals surface area contributed by atoms with Gasteiger partial charge in [0.25, 0.3) is 0 Å². The second kappa shape index (κ2) is 32.1. The van der Waals surface area contributed by atoms with Gasteiger partial charge in [-0.25, -0.2) is 0 Å². The van der Waals surface area contributed by atoms with E-state index in [1.807, 2.05) is 51.9 Å². The number of nitrogens with zero attached hydrogens (tertiary/aromatic N) is 4. The molecular formula is C120H143N5O12S. The summed E-state index contributed by atoms with van der Waals surface area (Å²) in [6, 6.07) is 63.0. The Morgan fingerprint density at radius 1 is 0.384 bits per heavy atom. The van der Waals surface area contributed by atoms with Gasteiger partial charge in [-0.05, 0) is 294 Å². The van der Waals surface area contributed by atoms with E-state index in [4.69, 9.17) is 52.1 Å². The SMILES string of the molecule is COC12CC[C@@]3(C[C@H]1CNCc1ccccc1)[C@H]1Cc4ccc(C)c5c4[C@@]3(CCN1CC1CC1)[C@H]2O5.COC12CC[C@@]3(C[C@H]1COCc1cc4ccccc4s1)[C@H]1Cc4ccc(C)c5c4[C@@]3(CCN1C)[C@H]2O5.COC12CC[C@@]3(C[C@H]1COCc1ccccc1)[C@H]1Cc4ccc(C)c5c4[C@@]3(CCN1C)[C@H]2O5.COC12CC[C@@]3(C[C@H]1COCc1ccccc1)[C@H]1Cc4ccc(O)c5c4[C@@]3(CCN1C)[C@H]2O5. The predicted molar refractivity (Wildman–Crippen MR) is 537 cm³/mol. The van der Waals surface area contributed by atoms with Gasteiger partial charge in [-0.2, -0.15) is 0 Å². The van der Waals surface area contributed by atoms with E-state index in [0.717, 1.165) is 122 Å². The van der Waals surface area contributed by atoms with Crippen LogP contribution in [-0.4, -0.2) is 204 Å². The van der Waals surface area contributed by atoms with Gasteiger partial charge in [-0.1, -0.05) is 152 Å². The molecule has 16 bridgehead atoms. The number of likely N-dealkylation sites (tertiary alicyclic amines) is 4. The highest BCUT2D eigenvalue weighted by molar-refractivity contribution is 7.19. The number of ether oxygens (including phenoxy) is 11. The van der Waals surface area contributed by atoms with Gasteiger partial charge in [0.05, 0.1) is 39.6 Å². The second-order valence-electron chi connectivity index (χ2n) is 47.6. The van der Waals surface area contributed by atoms with Crippen molar-refractivity contribution >= 4 is 21.4 Å². The predicted octanol–water partition coefficient (Wildman–Crippen LogP) is 19.6. The summed E-state index contributed by atoms with van der Waals surface area (Å²) in [6.45, 7) is 18.6. The molecule has 8 aromatic carbocycles. The maximum atomic E-state index is 10.8. The number of rotatable bonds is 22. The number of methoxy groups -OCH3 is 4. The summed E-state index contributed by atoms with van der Waals surface area (Å²) in [5, 5.41) is 16.0. The first-order valence-corrected chi connectivity index (χ1v) is 54.1. The van der Waals surface area contributed by atoms with E-state index >= 15 is 0 Å². The van der Waals surface area contributed by atoms with Crippen molar-refractivity contribution in [2.24, 2.45) is 51.2 Å². The molecular weight excluding hydrogens is 1740 g/mol. The van der Waals surface area contributed by atoms with Crippen molar-refractivity contribution in [1.82, 2.24) is 24.9 Å². The van der Waals surface area contributed by atoms with E-state index in [1.54, 1.807) is 22.3 Å². The average Bonchev–Trinajstić information content (AvgIpc) is 1.38. The summed E-state index contributed by atoms with van der Waals surface area (Å²) in [7, 11) is 14.7. The summed E-state index contributed by atoms with van der Waals surface area (Å²) in [6.07, 6.45) is 26.2. The maximum Gasteiger partial charge on any atom is 0.165 e. The third kappa shape index (κ3) is 11.6. The molecule has 4 unspecified atom stereocenters. The molecule has 1 aromatic heterocycles. The first-order valence-electron chi connectivity index (χ1n) is 53.2. The lowest BCUT2D eigenvalue weighted by atomic mass is 9.35. The van der Waals surface area contributed by atoms with Crippen LogP contribution < -0.4 is 24.3 Å². The largest absolute Gasteiger partial charge is 0.504 e. The molecule has 9 heterocycles. The maximum absolute atomic E-state index is 10.8. The molecule has 0 radical (unpaired) electrons. The van der Waals surface area contributed by atoms with Crippen LogP contribution in [0.1, 0.15) is 198 Å².